The van der Waals surface area contributed by atoms with Gasteiger partial charge in [-0.05, 0) is 55.8 Å². The molecule has 1 atom stereocenters. The molecule has 0 amide bonds. The molecule has 0 fully saturated rings. The minimum absolute atomic E-state index is 0.360. The summed E-state index contributed by atoms with van der Waals surface area (Å²) in [5.41, 5.74) is 3.75. The normalized spacial score (nSPS) is 12.8. The van der Waals surface area contributed by atoms with E-state index in [0.717, 1.165) is 23.7 Å². The number of H-pyrrole nitrogens is 1. The Morgan fingerprint density at radius 1 is 1.56 bits per heavy atom. The van der Waals surface area contributed by atoms with E-state index < -0.39 is 0 Å². The first kappa shape index (κ1) is 13.6. The standard InChI is InChI=1S/C13H18ClN3S/c1-9(12-6-13(14)18-8-12)15-5-3-4-11-7-16-17-10(11)2/h6-9,15H,3-5H2,1-2H3,(H,16,17). The number of aromatic amines is 1. The van der Waals surface area contributed by atoms with Crippen LogP contribution in [0.2, 0.25) is 4.34 Å². The third-order valence-corrected chi connectivity index (χ3v) is 4.20. The zero-order valence-electron chi connectivity index (χ0n) is 10.7. The summed E-state index contributed by atoms with van der Waals surface area (Å²) in [6.45, 7) is 5.23. The van der Waals surface area contributed by atoms with Crippen molar-refractivity contribution in [2.24, 2.45) is 0 Å². The van der Waals surface area contributed by atoms with Crippen LogP contribution in [0.25, 0.3) is 0 Å². The number of nitrogens with zero attached hydrogens (tertiary/aromatic N) is 1. The number of rotatable bonds is 6. The fourth-order valence-electron chi connectivity index (χ4n) is 1.89. The van der Waals surface area contributed by atoms with Crippen LogP contribution >= 0.6 is 22.9 Å². The third-order valence-electron chi connectivity index (χ3n) is 3.10. The lowest BCUT2D eigenvalue weighted by Crippen LogP contribution is -2.19. The van der Waals surface area contributed by atoms with Crippen LogP contribution in [0.15, 0.2) is 17.6 Å². The molecule has 3 nitrogen and oxygen atoms in total. The Hall–Kier alpha value is -0.840. The zero-order valence-corrected chi connectivity index (χ0v) is 12.2. The van der Waals surface area contributed by atoms with Crippen LogP contribution in [0.1, 0.15) is 36.2 Å². The quantitative estimate of drug-likeness (QED) is 0.794. The van der Waals surface area contributed by atoms with Gasteiger partial charge in [0.1, 0.15) is 0 Å². The number of aryl methyl sites for hydroxylation is 2. The Bertz CT molecular complexity index is 492. The molecular formula is C13H18ClN3S. The Morgan fingerprint density at radius 2 is 2.39 bits per heavy atom. The van der Waals surface area contributed by atoms with E-state index in [1.165, 1.54) is 16.8 Å². The van der Waals surface area contributed by atoms with Crippen LogP contribution in [0.5, 0.6) is 0 Å². The second-order valence-electron chi connectivity index (χ2n) is 4.48. The Balaban J connectivity index is 1.71. The molecule has 0 aliphatic rings. The van der Waals surface area contributed by atoms with Crippen molar-refractivity contribution in [3.8, 4) is 0 Å². The van der Waals surface area contributed by atoms with E-state index >= 15 is 0 Å². The van der Waals surface area contributed by atoms with Crippen LogP contribution in [0.4, 0.5) is 0 Å². The molecule has 0 aliphatic carbocycles. The fourth-order valence-corrected chi connectivity index (χ4v) is 2.88. The van der Waals surface area contributed by atoms with Gasteiger partial charge in [-0.3, -0.25) is 5.10 Å². The lowest BCUT2D eigenvalue weighted by molar-refractivity contribution is 0.559. The summed E-state index contributed by atoms with van der Waals surface area (Å²) >= 11 is 7.52. The van der Waals surface area contributed by atoms with E-state index in [1.807, 2.05) is 12.3 Å². The summed E-state index contributed by atoms with van der Waals surface area (Å²) in [6.07, 6.45) is 4.09. The number of hydrogen-bond acceptors (Lipinski definition) is 3. The van der Waals surface area contributed by atoms with Crippen molar-refractivity contribution in [2.75, 3.05) is 6.54 Å². The highest BCUT2D eigenvalue weighted by atomic mass is 35.5. The molecule has 2 aromatic rings. The highest BCUT2D eigenvalue weighted by Gasteiger charge is 2.07. The van der Waals surface area contributed by atoms with Crippen molar-refractivity contribution in [3.05, 3.63) is 38.8 Å². The molecule has 2 rings (SSSR count). The van der Waals surface area contributed by atoms with Crippen molar-refractivity contribution in [1.29, 1.82) is 0 Å². The van der Waals surface area contributed by atoms with E-state index in [4.69, 9.17) is 11.6 Å². The molecule has 0 bridgehead atoms. The number of halogens is 1. The van der Waals surface area contributed by atoms with Crippen LogP contribution in [-0.4, -0.2) is 16.7 Å². The molecule has 98 valence electrons. The maximum absolute atomic E-state index is 5.93. The largest absolute Gasteiger partial charge is 0.310 e. The number of hydrogen-bond donors (Lipinski definition) is 2. The second kappa shape index (κ2) is 6.36. The first-order chi connectivity index (χ1) is 8.66. The van der Waals surface area contributed by atoms with Crippen molar-refractivity contribution in [1.82, 2.24) is 15.5 Å². The molecule has 1 unspecified atom stereocenters. The first-order valence-corrected chi connectivity index (χ1v) is 7.38. The van der Waals surface area contributed by atoms with Crippen LogP contribution < -0.4 is 5.32 Å². The summed E-state index contributed by atoms with van der Waals surface area (Å²) in [5.74, 6) is 0. The Kier molecular flexibility index (Phi) is 4.80. The Labute approximate surface area is 117 Å². The van der Waals surface area contributed by atoms with Gasteiger partial charge >= 0.3 is 0 Å². The Morgan fingerprint density at radius 3 is 3.00 bits per heavy atom. The second-order valence-corrected chi connectivity index (χ2v) is 6.03. The number of thiophene rings is 1. The topological polar surface area (TPSA) is 40.7 Å². The van der Waals surface area contributed by atoms with Crippen LogP contribution in [0, 0.1) is 6.92 Å². The molecule has 0 saturated carbocycles. The highest BCUT2D eigenvalue weighted by Crippen LogP contribution is 2.24. The molecular weight excluding hydrogens is 266 g/mol. The molecule has 2 N–H and O–H groups in total. The van der Waals surface area contributed by atoms with Gasteiger partial charge in [0.05, 0.1) is 10.5 Å². The third kappa shape index (κ3) is 3.57. The van der Waals surface area contributed by atoms with E-state index in [0.29, 0.717) is 6.04 Å². The van der Waals surface area contributed by atoms with Crippen molar-refractivity contribution < 1.29 is 0 Å². The molecule has 0 spiro atoms. The molecule has 0 radical (unpaired) electrons. The van der Waals surface area contributed by atoms with Gasteiger partial charge in [-0.2, -0.15) is 5.10 Å². The van der Waals surface area contributed by atoms with E-state index in [9.17, 15) is 0 Å². The fraction of sp³-hybridized carbons (Fsp3) is 0.462. The maximum Gasteiger partial charge on any atom is 0.0931 e. The van der Waals surface area contributed by atoms with Gasteiger partial charge in [0.15, 0.2) is 0 Å². The first-order valence-electron chi connectivity index (χ1n) is 6.13. The molecule has 0 aliphatic heterocycles. The average Bonchev–Trinajstić information content (AvgIpc) is 2.94. The molecule has 2 aromatic heterocycles. The van der Waals surface area contributed by atoms with Crippen molar-refractivity contribution in [2.45, 2.75) is 32.7 Å². The van der Waals surface area contributed by atoms with Gasteiger partial charge in [-0.15, -0.1) is 11.3 Å². The van der Waals surface area contributed by atoms with E-state index in [1.54, 1.807) is 11.3 Å². The van der Waals surface area contributed by atoms with Crippen LogP contribution in [0.3, 0.4) is 0 Å². The lowest BCUT2D eigenvalue weighted by Gasteiger charge is -2.12. The molecule has 0 aromatic carbocycles. The van der Waals surface area contributed by atoms with Gasteiger partial charge in [0.25, 0.3) is 0 Å². The van der Waals surface area contributed by atoms with Crippen molar-refractivity contribution in [3.63, 3.8) is 0 Å². The van der Waals surface area contributed by atoms with Crippen LogP contribution in [-0.2, 0) is 6.42 Å². The molecule has 0 saturated heterocycles. The number of aromatic nitrogens is 2. The number of nitrogens with one attached hydrogen (secondary N) is 2. The summed E-state index contributed by atoms with van der Waals surface area (Å²) in [4.78, 5) is 0. The molecule has 5 heteroatoms. The summed E-state index contributed by atoms with van der Waals surface area (Å²) in [5, 5.41) is 12.6. The predicted molar refractivity (Wildman–Crippen MR) is 77.4 cm³/mol. The SMILES string of the molecule is Cc1[nH]ncc1CCCNC(C)c1csc(Cl)c1. The van der Waals surface area contributed by atoms with Gasteiger partial charge < -0.3 is 5.32 Å². The minimum Gasteiger partial charge on any atom is -0.310 e. The van der Waals surface area contributed by atoms with E-state index in [-0.39, 0.29) is 0 Å². The summed E-state index contributed by atoms with van der Waals surface area (Å²) in [6, 6.07) is 2.39. The summed E-state index contributed by atoms with van der Waals surface area (Å²) < 4.78 is 0.854. The summed E-state index contributed by atoms with van der Waals surface area (Å²) in [7, 11) is 0. The lowest BCUT2D eigenvalue weighted by atomic mass is 10.1. The zero-order chi connectivity index (χ0) is 13.0. The van der Waals surface area contributed by atoms with Crippen molar-refractivity contribution >= 4 is 22.9 Å². The molecule has 2 heterocycles. The van der Waals surface area contributed by atoms with Gasteiger partial charge in [0, 0.05) is 11.7 Å². The smallest absolute Gasteiger partial charge is 0.0931 e. The molecule has 18 heavy (non-hydrogen) atoms. The predicted octanol–water partition coefficient (Wildman–Crippen LogP) is 3.72. The monoisotopic (exact) mass is 283 g/mol. The maximum atomic E-state index is 5.93. The average molecular weight is 284 g/mol. The van der Waals surface area contributed by atoms with E-state index in [2.05, 4.69) is 34.7 Å². The minimum atomic E-state index is 0.360. The van der Waals surface area contributed by atoms with Gasteiger partial charge in [-0.25, -0.2) is 0 Å². The highest BCUT2D eigenvalue weighted by molar-refractivity contribution is 7.14. The van der Waals surface area contributed by atoms with Gasteiger partial charge in [-0.1, -0.05) is 11.6 Å². The van der Waals surface area contributed by atoms with Gasteiger partial charge in [0.2, 0.25) is 0 Å².